The summed E-state index contributed by atoms with van der Waals surface area (Å²) in [5.41, 5.74) is 2.95. The molecule has 146 valence electrons. The minimum atomic E-state index is -0.254. The lowest BCUT2D eigenvalue weighted by atomic mass is 10.2. The van der Waals surface area contributed by atoms with Crippen LogP contribution in [0.2, 0.25) is 0 Å². The molecule has 1 aromatic heterocycles. The fourth-order valence-electron chi connectivity index (χ4n) is 2.72. The van der Waals surface area contributed by atoms with Gasteiger partial charge in [0.15, 0.2) is 0 Å². The van der Waals surface area contributed by atoms with Crippen LogP contribution >= 0.6 is 0 Å². The van der Waals surface area contributed by atoms with Gasteiger partial charge in [-0.05, 0) is 57.5 Å². The Labute approximate surface area is 161 Å². The number of benzene rings is 1. The maximum absolute atomic E-state index is 12.6. The van der Waals surface area contributed by atoms with Crippen molar-refractivity contribution in [2.45, 2.75) is 27.2 Å². The van der Waals surface area contributed by atoms with E-state index in [0.29, 0.717) is 24.8 Å². The zero-order valence-corrected chi connectivity index (χ0v) is 16.6. The van der Waals surface area contributed by atoms with Crippen molar-refractivity contribution in [2.75, 3.05) is 48.9 Å². The first-order valence-corrected chi connectivity index (χ1v) is 9.32. The monoisotopic (exact) mass is 371 g/mol. The maximum Gasteiger partial charge on any atom is 0.274 e. The van der Waals surface area contributed by atoms with Crippen molar-refractivity contribution in [1.82, 2.24) is 9.97 Å². The van der Waals surface area contributed by atoms with Crippen molar-refractivity contribution in [3.05, 3.63) is 41.7 Å². The van der Waals surface area contributed by atoms with Crippen molar-refractivity contribution < 1.29 is 9.53 Å². The average molecular weight is 371 g/mol. The van der Waals surface area contributed by atoms with E-state index in [-0.39, 0.29) is 5.91 Å². The number of aryl methyl sites for hydroxylation is 1. The second-order valence-corrected chi connectivity index (χ2v) is 6.16. The van der Waals surface area contributed by atoms with Gasteiger partial charge in [0.2, 0.25) is 5.95 Å². The number of aromatic nitrogens is 2. The SMILES string of the molecule is CCN(CC)c1ccc(NC(=O)c2cc(C)nc(NCCCOC)n2)cc1. The Morgan fingerprint density at radius 2 is 1.85 bits per heavy atom. The van der Waals surface area contributed by atoms with Crippen LogP contribution in [0, 0.1) is 6.92 Å². The Hall–Kier alpha value is -2.67. The smallest absolute Gasteiger partial charge is 0.274 e. The van der Waals surface area contributed by atoms with Crippen LogP contribution < -0.4 is 15.5 Å². The number of rotatable bonds is 10. The fraction of sp³-hybridized carbons (Fsp3) is 0.450. The molecule has 7 heteroatoms. The van der Waals surface area contributed by atoms with Crippen LogP contribution in [0.15, 0.2) is 30.3 Å². The van der Waals surface area contributed by atoms with E-state index in [1.54, 1.807) is 13.2 Å². The number of ether oxygens (including phenoxy) is 1. The highest BCUT2D eigenvalue weighted by atomic mass is 16.5. The van der Waals surface area contributed by atoms with Gasteiger partial charge in [-0.1, -0.05) is 0 Å². The Morgan fingerprint density at radius 3 is 2.48 bits per heavy atom. The number of hydrogen-bond acceptors (Lipinski definition) is 6. The highest BCUT2D eigenvalue weighted by Crippen LogP contribution is 2.18. The number of nitrogens with one attached hydrogen (secondary N) is 2. The van der Waals surface area contributed by atoms with E-state index in [0.717, 1.165) is 36.6 Å². The molecular weight excluding hydrogens is 342 g/mol. The molecule has 2 aromatic rings. The number of hydrogen-bond donors (Lipinski definition) is 2. The second kappa shape index (κ2) is 10.5. The molecule has 1 amide bonds. The summed E-state index contributed by atoms with van der Waals surface area (Å²) in [5.74, 6) is 0.198. The Bertz CT molecular complexity index is 730. The lowest BCUT2D eigenvalue weighted by Crippen LogP contribution is -2.21. The average Bonchev–Trinajstić information content (AvgIpc) is 2.67. The van der Waals surface area contributed by atoms with Crippen molar-refractivity contribution in [2.24, 2.45) is 0 Å². The summed E-state index contributed by atoms with van der Waals surface area (Å²) in [6.45, 7) is 9.33. The zero-order chi connectivity index (χ0) is 19.6. The molecule has 2 N–H and O–H groups in total. The summed E-state index contributed by atoms with van der Waals surface area (Å²) in [6.07, 6.45) is 0.841. The molecule has 0 unspecified atom stereocenters. The van der Waals surface area contributed by atoms with Gasteiger partial charge in [0.05, 0.1) is 0 Å². The molecule has 0 aliphatic carbocycles. The van der Waals surface area contributed by atoms with Gasteiger partial charge in [-0.25, -0.2) is 9.97 Å². The molecule has 1 aromatic carbocycles. The Kier molecular flexibility index (Phi) is 8.00. The molecule has 0 aliphatic heterocycles. The van der Waals surface area contributed by atoms with Gasteiger partial charge >= 0.3 is 0 Å². The molecule has 0 radical (unpaired) electrons. The summed E-state index contributed by atoms with van der Waals surface area (Å²) in [5, 5.41) is 6.02. The van der Waals surface area contributed by atoms with Gasteiger partial charge < -0.3 is 20.3 Å². The van der Waals surface area contributed by atoms with Gasteiger partial charge in [-0.3, -0.25) is 4.79 Å². The van der Waals surface area contributed by atoms with Crippen LogP contribution in [0.5, 0.6) is 0 Å². The van der Waals surface area contributed by atoms with Gasteiger partial charge in [-0.15, -0.1) is 0 Å². The predicted molar refractivity (Wildman–Crippen MR) is 110 cm³/mol. The number of methoxy groups -OCH3 is 1. The Balaban J connectivity index is 2.03. The van der Waals surface area contributed by atoms with Crippen LogP contribution in [-0.2, 0) is 4.74 Å². The molecule has 0 saturated heterocycles. The third kappa shape index (κ3) is 6.21. The van der Waals surface area contributed by atoms with Crippen molar-refractivity contribution in [3.8, 4) is 0 Å². The molecule has 7 nitrogen and oxygen atoms in total. The third-order valence-electron chi connectivity index (χ3n) is 4.15. The van der Waals surface area contributed by atoms with E-state index in [9.17, 15) is 4.79 Å². The first kappa shape index (κ1) is 20.6. The molecule has 0 fully saturated rings. The van der Waals surface area contributed by atoms with E-state index >= 15 is 0 Å². The van der Waals surface area contributed by atoms with E-state index < -0.39 is 0 Å². The third-order valence-corrected chi connectivity index (χ3v) is 4.15. The molecule has 1 heterocycles. The van der Waals surface area contributed by atoms with Crippen LogP contribution in [0.4, 0.5) is 17.3 Å². The standard InChI is InChI=1S/C20H29N5O2/c1-5-25(6-2)17-10-8-16(9-11-17)23-19(26)18-14-15(3)22-20(24-18)21-12-7-13-27-4/h8-11,14H,5-7,12-13H2,1-4H3,(H,23,26)(H,21,22,24). The van der Waals surface area contributed by atoms with E-state index in [4.69, 9.17) is 4.74 Å². The molecule has 0 spiro atoms. The molecule has 0 aliphatic rings. The fourth-order valence-corrected chi connectivity index (χ4v) is 2.72. The van der Waals surface area contributed by atoms with Crippen LogP contribution in [0.25, 0.3) is 0 Å². The molecule has 0 saturated carbocycles. The number of anilines is 3. The molecular formula is C20H29N5O2. The van der Waals surface area contributed by atoms with Crippen molar-refractivity contribution in [1.29, 1.82) is 0 Å². The highest BCUT2D eigenvalue weighted by molar-refractivity contribution is 6.03. The summed E-state index contributed by atoms with van der Waals surface area (Å²) in [6, 6.07) is 9.51. The van der Waals surface area contributed by atoms with E-state index in [1.807, 2.05) is 31.2 Å². The topological polar surface area (TPSA) is 79.4 Å². The van der Waals surface area contributed by atoms with Crippen molar-refractivity contribution in [3.63, 3.8) is 0 Å². The second-order valence-electron chi connectivity index (χ2n) is 6.16. The summed E-state index contributed by atoms with van der Waals surface area (Å²) < 4.78 is 5.02. The number of carbonyl (C=O) groups is 1. The highest BCUT2D eigenvalue weighted by Gasteiger charge is 2.11. The summed E-state index contributed by atoms with van der Waals surface area (Å²) in [7, 11) is 1.67. The number of amides is 1. The van der Waals surface area contributed by atoms with Gasteiger partial charge in [0.1, 0.15) is 5.69 Å². The van der Waals surface area contributed by atoms with Crippen LogP contribution in [0.3, 0.4) is 0 Å². The number of nitrogens with zero attached hydrogens (tertiary/aromatic N) is 3. The lowest BCUT2D eigenvalue weighted by Gasteiger charge is -2.21. The minimum Gasteiger partial charge on any atom is -0.385 e. The largest absolute Gasteiger partial charge is 0.385 e. The number of carbonyl (C=O) groups excluding carboxylic acids is 1. The maximum atomic E-state index is 12.6. The lowest BCUT2D eigenvalue weighted by molar-refractivity contribution is 0.102. The normalized spacial score (nSPS) is 10.5. The zero-order valence-electron chi connectivity index (χ0n) is 16.6. The van der Waals surface area contributed by atoms with Gasteiger partial charge in [-0.2, -0.15) is 0 Å². The van der Waals surface area contributed by atoms with Gasteiger partial charge in [0.25, 0.3) is 5.91 Å². The van der Waals surface area contributed by atoms with Crippen LogP contribution in [-0.4, -0.2) is 49.2 Å². The quantitative estimate of drug-likeness (QED) is 0.624. The molecule has 2 rings (SSSR count). The molecule has 0 bridgehead atoms. The first-order valence-electron chi connectivity index (χ1n) is 9.32. The first-order chi connectivity index (χ1) is 13.1. The minimum absolute atomic E-state index is 0.254. The van der Waals surface area contributed by atoms with Gasteiger partial charge in [0, 0.05) is 50.4 Å². The molecule has 27 heavy (non-hydrogen) atoms. The summed E-state index contributed by atoms with van der Waals surface area (Å²) >= 11 is 0. The van der Waals surface area contributed by atoms with E-state index in [2.05, 4.69) is 39.3 Å². The van der Waals surface area contributed by atoms with Crippen molar-refractivity contribution >= 4 is 23.2 Å². The van der Waals surface area contributed by atoms with Crippen LogP contribution in [0.1, 0.15) is 36.5 Å². The Morgan fingerprint density at radius 1 is 1.15 bits per heavy atom. The predicted octanol–water partition coefficient (Wildman–Crippen LogP) is 3.33. The van der Waals surface area contributed by atoms with E-state index in [1.165, 1.54) is 0 Å². The summed E-state index contributed by atoms with van der Waals surface area (Å²) in [4.78, 5) is 23.5. The molecule has 0 atom stereocenters.